The van der Waals surface area contributed by atoms with E-state index in [2.05, 4.69) is 10.6 Å². The molecule has 1 rings (SSSR count). The number of amides is 2. The topological polar surface area (TPSA) is 78.5 Å². The Morgan fingerprint density at radius 3 is 2.37 bits per heavy atom. The molecule has 7 heteroatoms. The lowest BCUT2D eigenvalue weighted by Crippen LogP contribution is -2.49. The molecule has 1 aliphatic rings. The molecule has 2 amide bonds. The van der Waals surface area contributed by atoms with E-state index >= 15 is 0 Å². The Hall–Kier alpha value is -0.820. The maximum Gasteiger partial charge on any atom is 0.315 e. The molecular weight excluding hydrogens is 266 g/mol. The van der Waals surface area contributed by atoms with E-state index in [1.807, 2.05) is 13.8 Å². The molecule has 0 unspecified atom stereocenters. The first kappa shape index (κ1) is 16.2. The van der Waals surface area contributed by atoms with Gasteiger partial charge in [-0.3, -0.25) is 0 Å². The van der Waals surface area contributed by atoms with Crippen molar-refractivity contribution in [3.8, 4) is 0 Å². The lowest BCUT2D eigenvalue weighted by Gasteiger charge is -2.31. The van der Waals surface area contributed by atoms with Gasteiger partial charge in [0.05, 0.1) is 5.75 Å². The van der Waals surface area contributed by atoms with Crippen LogP contribution in [0.1, 0.15) is 39.5 Å². The zero-order chi connectivity index (χ0) is 14.3. The molecule has 0 atom stereocenters. The van der Waals surface area contributed by atoms with Gasteiger partial charge in [-0.05, 0) is 25.7 Å². The smallest absolute Gasteiger partial charge is 0.315 e. The van der Waals surface area contributed by atoms with Crippen LogP contribution in [0.2, 0.25) is 0 Å². The molecule has 19 heavy (non-hydrogen) atoms. The summed E-state index contributed by atoms with van der Waals surface area (Å²) in [5, 5.41) is 5.65. The van der Waals surface area contributed by atoms with E-state index in [4.69, 9.17) is 0 Å². The van der Waals surface area contributed by atoms with E-state index in [0.717, 1.165) is 6.42 Å². The number of carbonyl (C=O) groups is 1. The van der Waals surface area contributed by atoms with Crippen LogP contribution in [0.5, 0.6) is 0 Å². The highest BCUT2D eigenvalue weighted by Gasteiger charge is 2.27. The molecule has 0 aromatic carbocycles. The van der Waals surface area contributed by atoms with E-state index in [0.29, 0.717) is 38.9 Å². The minimum atomic E-state index is -3.09. The summed E-state index contributed by atoms with van der Waals surface area (Å²) >= 11 is 0. The van der Waals surface area contributed by atoms with Crippen molar-refractivity contribution in [1.82, 2.24) is 14.9 Å². The van der Waals surface area contributed by atoms with Gasteiger partial charge >= 0.3 is 6.03 Å². The predicted octanol–water partition coefficient (Wildman–Crippen LogP) is 0.900. The van der Waals surface area contributed by atoms with Crippen molar-refractivity contribution in [3.05, 3.63) is 0 Å². The van der Waals surface area contributed by atoms with Crippen molar-refractivity contribution in [1.29, 1.82) is 0 Å². The van der Waals surface area contributed by atoms with Crippen molar-refractivity contribution < 1.29 is 13.2 Å². The van der Waals surface area contributed by atoms with Gasteiger partial charge in [0.1, 0.15) is 0 Å². The van der Waals surface area contributed by atoms with Crippen LogP contribution >= 0.6 is 0 Å². The van der Waals surface area contributed by atoms with Crippen molar-refractivity contribution in [3.63, 3.8) is 0 Å². The second kappa shape index (κ2) is 7.69. The number of rotatable bonds is 6. The van der Waals surface area contributed by atoms with Gasteiger partial charge in [-0.2, -0.15) is 0 Å². The number of piperidine rings is 1. The molecule has 1 heterocycles. The van der Waals surface area contributed by atoms with Gasteiger partial charge in [0.25, 0.3) is 0 Å². The molecule has 1 saturated heterocycles. The number of hydrogen-bond acceptors (Lipinski definition) is 3. The Bertz CT molecular complexity index is 376. The second-order valence-corrected chi connectivity index (χ2v) is 6.98. The van der Waals surface area contributed by atoms with Crippen molar-refractivity contribution in [2.45, 2.75) is 45.6 Å². The molecule has 1 aliphatic heterocycles. The quantitative estimate of drug-likeness (QED) is 0.763. The fraction of sp³-hybridized carbons (Fsp3) is 0.917. The highest BCUT2D eigenvalue weighted by Crippen LogP contribution is 2.14. The number of nitrogens with one attached hydrogen (secondary N) is 2. The van der Waals surface area contributed by atoms with Crippen LogP contribution in [0.25, 0.3) is 0 Å². The number of urea groups is 1. The Balaban J connectivity index is 2.35. The van der Waals surface area contributed by atoms with Gasteiger partial charge in [0.15, 0.2) is 0 Å². The normalized spacial score (nSPS) is 18.2. The first-order valence-corrected chi connectivity index (χ1v) is 8.62. The molecule has 0 saturated carbocycles. The van der Waals surface area contributed by atoms with Crippen LogP contribution in [0.15, 0.2) is 0 Å². The van der Waals surface area contributed by atoms with Crippen molar-refractivity contribution in [2.75, 3.05) is 25.4 Å². The molecule has 0 aromatic rings. The molecule has 0 spiro atoms. The molecule has 0 radical (unpaired) electrons. The van der Waals surface area contributed by atoms with Gasteiger partial charge in [0, 0.05) is 25.7 Å². The van der Waals surface area contributed by atoms with Crippen LogP contribution in [-0.2, 0) is 10.0 Å². The molecular formula is C12H25N3O3S. The van der Waals surface area contributed by atoms with Crippen LogP contribution in [0.3, 0.4) is 0 Å². The molecule has 0 aliphatic carbocycles. The van der Waals surface area contributed by atoms with Crippen LogP contribution in [-0.4, -0.2) is 50.2 Å². The van der Waals surface area contributed by atoms with Gasteiger partial charge in [-0.1, -0.05) is 13.8 Å². The largest absolute Gasteiger partial charge is 0.338 e. The lowest BCUT2D eigenvalue weighted by molar-refractivity contribution is 0.227. The molecule has 1 fully saturated rings. The Labute approximate surface area is 116 Å². The third-order valence-corrected chi connectivity index (χ3v) is 5.26. The van der Waals surface area contributed by atoms with Crippen molar-refractivity contribution in [2.24, 2.45) is 0 Å². The number of sulfonamides is 1. The average Bonchev–Trinajstić information content (AvgIpc) is 2.37. The Morgan fingerprint density at radius 1 is 1.21 bits per heavy atom. The van der Waals surface area contributed by atoms with Gasteiger partial charge < -0.3 is 10.6 Å². The molecule has 112 valence electrons. The summed E-state index contributed by atoms with van der Waals surface area (Å²) in [4.78, 5) is 11.5. The standard InChI is InChI=1S/C12H25N3O3S/c1-3-7-13-12(16)14-11-5-8-15(9-6-11)19(17,18)10-4-2/h11H,3-10H2,1-2H3,(H2,13,14,16). The highest BCUT2D eigenvalue weighted by molar-refractivity contribution is 7.89. The molecule has 0 bridgehead atoms. The second-order valence-electron chi connectivity index (χ2n) is 4.89. The Kier molecular flexibility index (Phi) is 6.57. The first-order valence-electron chi connectivity index (χ1n) is 7.01. The summed E-state index contributed by atoms with van der Waals surface area (Å²) in [5.41, 5.74) is 0. The maximum absolute atomic E-state index is 11.9. The summed E-state index contributed by atoms with van der Waals surface area (Å²) in [6.45, 7) is 5.53. The van der Waals surface area contributed by atoms with Gasteiger partial charge in [-0.15, -0.1) is 0 Å². The fourth-order valence-corrected chi connectivity index (χ4v) is 3.68. The SMILES string of the molecule is CCCNC(=O)NC1CCN(S(=O)(=O)CCC)CC1. The number of carbonyl (C=O) groups excluding carboxylic acids is 1. The third-order valence-electron chi connectivity index (χ3n) is 3.18. The zero-order valence-corrected chi connectivity index (χ0v) is 12.6. The monoisotopic (exact) mass is 291 g/mol. The fourth-order valence-electron chi connectivity index (χ4n) is 2.14. The van der Waals surface area contributed by atoms with Gasteiger partial charge in [0.2, 0.25) is 10.0 Å². The van der Waals surface area contributed by atoms with E-state index in [-0.39, 0.29) is 17.8 Å². The van der Waals surface area contributed by atoms with E-state index in [1.165, 1.54) is 0 Å². The zero-order valence-electron chi connectivity index (χ0n) is 11.8. The van der Waals surface area contributed by atoms with Crippen LogP contribution < -0.4 is 10.6 Å². The molecule has 2 N–H and O–H groups in total. The molecule has 6 nitrogen and oxygen atoms in total. The van der Waals surface area contributed by atoms with E-state index in [1.54, 1.807) is 4.31 Å². The number of hydrogen-bond donors (Lipinski definition) is 2. The maximum atomic E-state index is 11.9. The van der Waals surface area contributed by atoms with Crippen molar-refractivity contribution >= 4 is 16.1 Å². The Morgan fingerprint density at radius 2 is 1.84 bits per heavy atom. The lowest BCUT2D eigenvalue weighted by atomic mass is 10.1. The highest BCUT2D eigenvalue weighted by atomic mass is 32.2. The summed E-state index contributed by atoms with van der Waals surface area (Å²) in [5.74, 6) is 0.210. The minimum absolute atomic E-state index is 0.0740. The summed E-state index contributed by atoms with van der Waals surface area (Å²) < 4.78 is 25.3. The summed E-state index contributed by atoms with van der Waals surface area (Å²) in [6.07, 6.45) is 2.91. The summed E-state index contributed by atoms with van der Waals surface area (Å²) in [7, 11) is -3.09. The van der Waals surface area contributed by atoms with Crippen LogP contribution in [0, 0.1) is 0 Å². The minimum Gasteiger partial charge on any atom is -0.338 e. The predicted molar refractivity (Wildman–Crippen MR) is 75.5 cm³/mol. The average molecular weight is 291 g/mol. The third kappa shape index (κ3) is 5.36. The van der Waals surface area contributed by atoms with Gasteiger partial charge in [-0.25, -0.2) is 17.5 Å². The van der Waals surface area contributed by atoms with Crippen LogP contribution in [0.4, 0.5) is 4.79 Å². The molecule has 0 aromatic heterocycles. The van der Waals surface area contributed by atoms with E-state index < -0.39 is 10.0 Å². The van der Waals surface area contributed by atoms with E-state index in [9.17, 15) is 13.2 Å². The number of nitrogens with zero attached hydrogens (tertiary/aromatic N) is 1. The summed E-state index contributed by atoms with van der Waals surface area (Å²) in [6, 6.07) is -0.0818. The first-order chi connectivity index (χ1) is 8.99.